The van der Waals surface area contributed by atoms with Crippen LogP contribution in [0.3, 0.4) is 0 Å². The van der Waals surface area contributed by atoms with Crippen LogP contribution in [0.25, 0.3) is 0 Å². The topological polar surface area (TPSA) is 32.3 Å². The van der Waals surface area contributed by atoms with Crippen molar-refractivity contribution in [2.24, 2.45) is 11.3 Å². The van der Waals surface area contributed by atoms with Crippen molar-refractivity contribution in [2.45, 2.75) is 45.8 Å². The van der Waals surface area contributed by atoms with Gasteiger partial charge in [-0.2, -0.15) is 0 Å². The minimum Gasteiger partial charge on any atom is -0.387 e. The first-order chi connectivity index (χ1) is 8.48. The number of aliphatic hydroxyl groups is 1. The summed E-state index contributed by atoms with van der Waals surface area (Å²) in [6, 6.07) is 10.2. The van der Waals surface area contributed by atoms with E-state index in [1.807, 2.05) is 30.3 Å². The minimum absolute atomic E-state index is 0.186. The van der Waals surface area contributed by atoms with E-state index >= 15 is 0 Å². The Labute approximate surface area is 110 Å². The third-order valence-electron chi connectivity index (χ3n) is 4.18. The summed E-state index contributed by atoms with van der Waals surface area (Å²) in [5, 5.41) is 13.9. The fourth-order valence-electron chi connectivity index (χ4n) is 2.86. The van der Waals surface area contributed by atoms with Crippen LogP contribution in [0.4, 0.5) is 0 Å². The van der Waals surface area contributed by atoms with Gasteiger partial charge in [0.2, 0.25) is 0 Å². The van der Waals surface area contributed by atoms with E-state index in [0.717, 1.165) is 18.5 Å². The van der Waals surface area contributed by atoms with Crippen LogP contribution in [0, 0.1) is 11.3 Å². The number of benzene rings is 1. The van der Waals surface area contributed by atoms with Crippen LogP contribution in [0.15, 0.2) is 30.3 Å². The Morgan fingerprint density at radius 2 is 1.89 bits per heavy atom. The minimum atomic E-state index is -0.392. The Balaban J connectivity index is 2.05. The lowest BCUT2D eigenvalue weighted by molar-refractivity contribution is 0.0705. The largest absolute Gasteiger partial charge is 0.387 e. The zero-order valence-corrected chi connectivity index (χ0v) is 11.7. The standard InChI is InChI=1S/C16H25NO/c1-16(2,3)13-9-10-17-14(11-13)15(18)12-7-5-4-6-8-12/h4-8,13-15,17-18H,9-11H2,1-3H3/t13-,14+,15?/m1/s1. The number of nitrogens with one attached hydrogen (secondary N) is 1. The van der Waals surface area contributed by atoms with Gasteiger partial charge in [0.05, 0.1) is 6.10 Å². The molecular formula is C16H25NO. The monoisotopic (exact) mass is 247 g/mol. The van der Waals surface area contributed by atoms with E-state index in [9.17, 15) is 5.11 Å². The first-order valence-corrected chi connectivity index (χ1v) is 6.95. The van der Waals surface area contributed by atoms with Gasteiger partial charge in [0, 0.05) is 6.04 Å². The Morgan fingerprint density at radius 3 is 2.50 bits per heavy atom. The van der Waals surface area contributed by atoms with Crippen LogP contribution < -0.4 is 5.32 Å². The summed E-state index contributed by atoms with van der Waals surface area (Å²) in [6.07, 6.45) is 1.87. The van der Waals surface area contributed by atoms with Gasteiger partial charge in [0.1, 0.15) is 0 Å². The highest BCUT2D eigenvalue weighted by molar-refractivity contribution is 5.19. The number of piperidine rings is 1. The molecule has 1 saturated heterocycles. The molecule has 1 heterocycles. The molecule has 0 amide bonds. The summed E-state index contributed by atoms with van der Waals surface area (Å²) in [5.41, 5.74) is 1.35. The van der Waals surface area contributed by atoms with E-state index in [0.29, 0.717) is 11.3 Å². The summed E-state index contributed by atoms with van der Waals surface area (Å²) in [4.78, 5) is 0. The van der Waals surface area contributed by atoms with E-state index in [4.69, 9.17) is 0 Å². The van der Waals surface area contributed by atoms with Gasteiger partial charge in [-0.3, -0.25) is 0 Å². The molecule has 1 aliphatic rings. The molecule has 0 spiro atoms. The molecular weight excluding hydrogens is 222 g/mol. The van der Waals surface area contributed by atoms with Crippen molar-refractivity contribution < 1.29 is 5.11 Å². The van der Waals surface area contributed by atoms with Crippen molar-refractivity contribution in [2.75, 3.05) is 6.54 Å². The molecule has 1 aromatic carbocycles. The van der Waals surface area contributed by atoms with Gasteiger partial charge < -0.3 is 10.4 Å². The molecule has 0 radical (unpaired) electrons. The lowest BCUT2D eigenvalue weighted by Gasteiger charge is -2.40. The van der Waals surface area contributed by atoms with Crippen LogP contribution in [0.1, 0.15) is 45.3 Å². The second-order valence-corrected chi connectivity index (χ2v) is 6.50. The predicted octanol–water partition coefficient (Wildman–Crippen LogP) is 3.13. The molecule has 100 valence electrons. The first-order valence-electron chi connectivity index (χ1n) is 6.95. The highest BCUT2D eigenvalue weighted by Gasteiger charge is 2.33. The average Bonchev–Trinajstić information content (AvgIpc) is 2.38. The maximum atomic E-state index is 10.5. The van der Waals surface area contributed by atoms with Gasteiger partial charge >= 0.3 is 0 Å². The smallest absolute Gasteiger partial charge is 0.0943 e. The molecule has 2 N–H and O–H groups in total. The summed E-state index contributed by atoms with van der Waals surface area (Å²) >= 11 is 0. The van der Waals surface area contributed by atoms with E-state index < -0.39 is 6.10 Å². The molecule has 1 aromatic rings. The molecule has 18 heavy (non-hydrogen) atoms. The van der Waals surface area contributed by atoms with E-state index in [1.54, 1.807) is 0 Å². The number of hydrogen-bond acceptors (Lipinski definition) is 2. The average molecular weight is 247 g/mol. The molecule has 1 aliphatic heterocycles. The molecule has 2 nitrogen and oxygen atoms in total. The first kappa shape index (κ1) is 13.6. The fraction of sp³-hybridized carbons (Fsp3) is 0.625. The number of hydrogen-bond donors (Lipinski definition) is 2. The molecule has 0 saturated carbocycles. The third kappa shape index (κ3) is 3.12. The quantitative estimate of drug-likeness (QED) is 0.841. The normalized spacial score (nSPS) is 26.9. The van der Waals surface area contributed by atoms with Gasteiger partial charge in [-0.05, 0) is 36.3 Å². The van der Waals surface area contributed by atoms with Gasteiger partial charge in [-0.15, -0.1) is 0 Å². The molecule has 0 aromatic heterocycles. The van der Waals surface area contributed by atoms with Gasteiger partial charge in [-0.1, -0.05) is 51.1 Å². The Hall–Kier alpha value is -0.860. The lowest BCUT2D eigenvalue weighted by Crippen LogP contribution is -2.45. The second-order valence-electron chi connectivity index (χ2n) is 6.50. The highest BCUT2D eigenvalue weighted by atomic mass is 16.3. The fourth-order valence-corrected chi connectivity index (χ4v) is 2.86. The molecule has 2 heteroatoms. The SMILES string of the molecule is CC(C)(C)[C@@H]1CCN[C@H](C(O)c2ccccc2)C1. The summed E-state index contributed by atoms with van der Waals surface area (Å²) in [6.45, 7) is 7.91. The summed E-state index contributed by atoms with van der Waals surface area (Å²) in [5.74, 6) is 0.683. The van der Waals surface area contributed by atoms with Crippen LogP contribution in [-0.2, 0) is 0 Å². The number of aliphatic hydroxyl groups excluding tert-OH is 1. The van der Waals surface area contributed by atoms with E-state index in [2.05, 4.69) is 26.1 Å². The Bertz CT molecular complexity index is 368. The third-order valence-corrected chi connectivity index (χ3v) is 4.18. The van der Waals surface area contributed by atoms with Crippen molar-refractivity contribution in [1.29, 1.82) is 0 Å². The van der Waals surface area contributed by atoms with Crippen molar-refractivity contribution in [1.82, 2.24) is 5.32 Å². The molecule has 0 bridgehead atoms. The molecule has 2 rings (SSSR count). The Morgan fingerprint density at radius 1 is 1.22 bits per heavy atom. The van der Waals surface area contributed by atoms with Crippen LogP contribution >= 0.6 is 0 Å². The number of rotatable bonds is 2. The Kier molecular flexibility index (Phi) is 4.08. The van der Waals surface area contributed by atoms with E-state index in [-0.39, 0.29) is 6.04 Å². The zero-order valence-electron chi connectivity index (χ0n) is 11.7. The molecule has 3 atom stereocenters. The van der Waals surface area contributed by atoms with Crippen LogP contribution in [0.2, 0.25) is 0 Å². The van der Waals surface area contributed by atoms with Crippen molar-refractivity contribution >= 4 is 0 Å². The van der Waals surface area contributed by atoms with Crippen LogP contribution in [-0.4, -0.2) is 17.7 Å². The molecule has 0 aliphatic carbocycles. The lowest BCUT2D eigenvalue weighted by atomic mass is 9.72. The van der Waals surface area contributed by atoms with Crippen molar-refractivity contribution in [3.05, 3.63) is 35.9 Å². The molecule has 1 unspecified atom stereocenters. The van der Waals surface area contributed by atoms with Gasteiger partial charge in [0.25, 0.3) is 0 Å². The highest BCUT2D eigenvalue weighted by Crippen LogP contribution is 2.36. The second kappa shape index (κ2) is 5.41. The van der Waals surface area contributed by atoms with Gasteiger partial charge in [0.15, 0.2) is 0 Å². The summed E-state index contributed by atoms with van der Waals surface area (Å²) in [7, 11) is 0. The maximum Gasteiger partial charge on any atom is 0.0943 e. The maximum absolute atomic E-state index is 10.5. The summed E-state index contributed by atoms with van der Waals surface area (Å²) < 4.78 is 0. The van der Waals surface area contributed by atoms with Gasteiger partial charge in [-0.25, -0.2) is 0 Å². The van der Waals surface area contributed by atoms with E-state index in [1.165, 1.54) is 6.42 Å². The van der Waals surface area contributed by atoms with Crippen molar-refractivity contribution in [3.63, 3.8) is 0 Å². The van der Waals surface area contributed by atoms with Crippen molar-refractivity contribution in [3.8, 4) is 0 Å². The molecule has 1 fully saturated rings. The zero-order chi connectivity index (χ0) is 13.2. The van der Waals surface area contributed by atoms with Crippen LogP contribution in [0.5, 0.6) is 0 Å². The predicted molar refractivity (Wildman–Crippen MR) is 75.4 cm³/mol.